The smallest absolute Gasteiger partial charge is 0.257 e. The van der Waals surface area contributed by atoms with Gasteiger partial charge in [0, 0.05) is 18.1 Å². The third-order valence-corrected chi connectivity index (χ3v) is 3.77. The van der Waals surface area contributed by atoms with E-state index < -0.39 is 5.60 Å². The highest BCUT2D eigenvalue weighted by Gasteiger charge is 2.25. The molecule has 1 aromatic carbocycles. The topological polar surface area (TPSA) is 58.4 Å². The quantitative estimate of drug-likeness (QED) is 0.913. The minimum atomic E-state index is -0.942. The second-order valence-electron chi connectivity index (χ2n) is 6.17. The molecule has 0 saturated carbocycles. The van der Waals surface area contributed by atoms with Crippen LogP contribution in [0, 0.1) is 6.92 Å². The lowest BCUT2D eigenvalue weighted by atomic mass is 10.1. The Morgan fingerprint density at radius 2 is 2.13 bits per heavy atom. The van der Waals surface area contributed by atoms with Crippen molar-refractivity contribution < 1.29 is 9.90 Å². The molecule has 124 valence electrons. The van der Waals surface area contributed by atoms with E-state index in [1.165, 1.54) is 0 Å². The molecule has 1 amide bonds. The molecule has 2 aromatic rings. The van der Waals surface area contributed by atoms with Crippen LogP contribution in [0.3, 0.4) is 0 Å². The van der Waals surface area contributed by atoms with E-state index in [4.69, 9.17) is 11.6 Å². The second kappa shape index (κ2) is 6.72. The number of likely N-dealkylation sites (N-methyl/N-ethyl adjacent to an activating group) is 1. The number of hydrogen-bond acceptors (Lipinski definition) is 3. The molecule has 1 heterocycles. The lowest BCUT2D eigenvalue weighted by Gasteiger charge is -2.28. The van der Waals surface area contributed by atoms with Crippen LogP contribution in [0.2, 0.25) is 5.02 Å². The van der Waals surface area contributed by atoms with Gasteiger partial charge in [0.15, 0.2) is 0 Å². The lowest BCUT2D eigenvalue weighted by molar-refractivity contribution is 0.0314. The Kier molecular flexibility index (Phi) is 5.12. The summed E-state index contributed by atoms with van der Waals surface area (Å²) in [6.07, 6.45) is 1.56. The van der Waals surface area contributed by atoms with Gasteiger partial charge in [-0.25, -0.2) is 4.68 Å². The number of aromatic nitrogens is 2. The minimum absolute atomic E-state index is 0.139. The van der Waals surface area contributed by atoms with Crippen LogP contribution in [0.15, 0.2) is 30.5 Å². The van der Waals surface area contributed by atoms with E-state index in [9.17, 15) is 9.90 Å². The largest absolute Gasteiger partial charge is 0.389 e. The summed E-state index contributed by atoms with van der Waals surface area (Å²) in [6, 6.07) is 7.31. The van der Waals surface area contributed by atoms with Crippen molar-refractivity contribution in [3.63, 3.8) is 0 Å². The van der Waals surface area contributed by atoms with Gasteiger partial charge < -0.3 is 10.0 Å². The van der Waals surface area contributed by atoms with Gasteiger partial charge in [-0.1, -0.05) is 17.7 Å². The van der Waals surface area contributed by atoms with Crippen molar-refractivity contribution in [1.82, 2.24) is 14.7 Å². The van der Waals surface area contributed by atoms with Crippen molar-refractivity contribution in [1.29, 1.82) is 0 Å². The first-order chi connectivity index (χ1) is 10.7. The van der Waals surface area contributed by atoms with Gasteiger partial charge in [-0.05, 0) is 45.9 Å². The summed E-state index contributed by atoms with van der Waals surface area (Å²) in [5.41, 5.74) is 1.13. The average Bonchev–Trinajstić information content (AvgIpc) is 2.85. The number of aliphatic hydroxyl groups is 1. The number of benzene rings is 1. The summed E-state index contributed by atoms with van der Waals surface area (Å²) >= 11 is 6.02. The van der Waals surface area contributed by atoms with E-state index >= 15 is 0 Å². The molecule has 1 aromatic heterocycles. The van der Waals surface area contributed by atoms with Gasteiger partial charge in [-0.3, -0.25) is 4.79 Å². The number of halogens is 1. The first-order valence-electron chi connectivity index (χ1n) is 7.55. The van der Waals surface area contributed by atoms with Crippen LogP contribution < -0.4 is 0 Å². The van der Waals surface area contributed by atoms with Crippen molar-refractivity contribution >= 4 is 17.5 Å². The fourth-order valence-corrected chi connectivity index (χ4v) is 2.64. The van der Waals surface area contributed by atoms with E-state index in [1.807, 2.05) is 26.0 Å². The van der Waals surface area contributed by atoms with E-state index in [-0.39, 0.29) is 12.5 Å². The first kappa shape index (κ1) is 17.5. The summed E-state index contributed by atoms with van der Waals surface area (Å²) in [5, 5.41) is 14.9. The van der Waals surface area contributed by atoms with Crippen molar-refractivity contribution in [3.05, 3.63) is 46.7 Å². The van der Waals surface area contributed by atoms with Gasteiger partial charge in [0.1, 0.15) is 0 Å². The summed E-state index contributed by atoms with van der Waals surface area (Å²) in [6.45, 7) is 7.89. The standard InChI is InChI=1S/C17H22ClN3O2/c1-5-20(11-17(3,4)23)16(22)15-10-19-21(12(15)2)14-8-6-7-13(18)9-14/h6-10,23H,5,11H2,1-4H3. The molecule has 5 nitrogen and oxygen atoms in total. The van der Waals surface area contributed by atoms with Crippen LogP contribution >= 0.6 is 11.6 Å². The molecular weight excluding hydrogens is 314 g/mol. The van der Waals surface area contributed by atoms with Gasteiger partial charge in [-0.15, -0.1) is 0 Å². The molecule has 23 heavy (non-hydrogen) atoms. The average molecular weight is 336 g/mol. The Hall–Kier alpha value is -1.85. The predicted octanol–water partition coefficient (Wildman–Crippen LogP) is 3.07. The molecule has 0 bridgehead atoms. The maximum atomic E-state index is 12.7. The maximum absolute atomic E-state index is 12.7. The van der Waals surface area contributed by atoms with E-state index in [1.54, 1.807) is 41.8 Å². The fraction of sp³-hybridized carbons (Fsp3) is 0.412. The summed E-state index contributed by atoms with van der Waals surface area (Å²) in [5.74, 6) is -0.139. The zero-order valence-corrected chi connectivity index (χ0v) is 14.6. The molecular formula is C17H22ClN3O2. The van der Waals surface area contributed by atoms with Gasteiger partial charge in [0.2, 0.25) is 0 Å². The number of hydrogen-bond donors (Lipinski definition) is 1. The number of carbonyl (C=O) groups is 1. The Morgan fingerprint density at radius 1 is 1.43 bits per heavy atom. The number of nitrogens with zero attached hydrogens (tertiary/aromatic N) is 3. The van der Waals surface area contributed by atoms with Crippen LogP contribution in [-0.4, -0.2) is 44.4 Å². The highest BCUT2D eigenvalue weighted by Crippen LogP contribution is 2.19. The monoisotopic (exact) mass is 335 g/mol. The number of carbonyl (C=O) groups excluding carboxylic acids is 1. The second-order valence-corrected chi connectivity index (χ2v) is 6.60. The van der Waals surface area contributed by atoms with Crippen LogP contribution in [0.5, 0.6) is 0 Å². The Labute approximate surface area is 141 Å². The molecule has 0 spiro atoms. The van der Waals surface area contributed by atoms with Gasteiger partial charge >= 0.3 is 0 Å². The van der Waals surface area contributed by atoms with Gasteiger partial charge in [0.25, 0.3) is 5.91 Å². The Balaban J connectivity index is 2.33. The number of rotatable bonds is 5. The zero-order chi connectivity index (χ0) is 17.2. The molecule has 6 heteroatoms. The summed E-state index contributed by atoms with van der Waals surface area (Å²) in [4.78, 5) is 14.3. The number of amides is 1. The molecule has 0 fully saturated rings. The SMILES string of the molecule is CCN(CC(C)(C)O)C(=O)c1cnn(-c2cccc(Cl)c2)c1C. The van der Waals surface area contributed by atoms with Crippen LogP contribution in [0.25, 0.3) is 5.69 Å². The first-order valence-corrected chi connectivity index (χ1v) is 7.93. The zero-order valence-electron chi connectivity index (χ0n) is 13.9. The Morgan fingerprint density at radius 3 is 2.70 bits per heavy atom. The highest BCUT2D eigenvalue weighted by molar-refractivity contribution is 6.30. The summed E-state index contributed by atoms with van der Waals surface area (Å²) in [7, 11) is 0. The van der Waals surface area contributed by atoms with Gasteiger partial charge in [0.05, 0.1) is 28.7 Å². The predicted molar refractivity (Wildman–Crippen MR) is 91.2 cm³/mol. The third kappa shape index (κ3) is 4.12. The highest BCUT2D eigenvalue weighted by atomic mass is 35.5. The fourth-order valence-electron chi connectivity index (χ4n) is 2.45. The van der Waals surface area contributed by atoms with Gasteiger partial charge in [-0.2, -0.15) is 5.10 Å². The molecule has 2 rings (SSSR count). The molecule has 0 unspecified atom stereocenters. The van der Waals surface area contributed by atoms with Crippen LogP contribution in [0.1, 0.15) is 36.8 Å². The third-order valence-electron chi connectivity index (χ3n) is 3.54. The van der Waals surface area contributed by atoms with Crippen LogP contribution in [-0.2, 0) is 0 Å². The molecule has 0 aliphatic rings. The maximum Gasteiger partial charge on any atom is 0.257 e. The van der Waals surface area contributed by atoms with Crippen molar-refractivity contribution in [2.75, 3.05) is 13.1 Å². The normalized spacial score (nSPS) is 11.6. The minimum Gasteiger partial charge on any atom is -0.389 e. The molecule has 0 atom stereocenters. The van der Waals surface area contributed by atoms with E-state index in [0.29, 0.717) is 17.1 Å². The van der Waals surface area contributed by atoms with Crippen molar-refractivity contribution in [2.45, 2.75) is 33.3 Å². The Bertz CT molecular complexity index is 704. The van der Waals surface area contributed by atoms with Crippen molar-refractivity contribution in [2.24, 2.45) is 0 Å². The molecule has 0 radical (unpaired) electrons. The molecule has 0 aliphatic heterocycles. The van der Waals surface area contributed by atoms with Crippen LogP contribution in [0.4, 0.5) is 0 Å². The lowest BCUT2D eigenvalue weighted by Crippen LogP contribution is -2.42. The molecule has 1 N–H and O–H groups in total. The summed E-state index contributed by atoms with van der Waals surface area (Å²) < 4.78 is 1.69. The van der Waals surface area contributed by atoms with Crippen molar-refractivity contribution in [3.8, 4) is 5.69 Å². The van der Waals surface area contributed by atoms with E-state index in [2.05, 4.69) is 5.10 Å². The van der Waals surface area contributed by atoms with E-state index in [0.717, 1.165) is 11.4 Å². The molecule has 0 saturated heterocycles. The molecule has 0 aliphatic carbocycles.